The van der Waals surface area contributed by atoms with E-state index in [0.717, 1.165) is 0 Å². The van der Waals surface area contributed by atoms with Crippen molar-refractivity contribution in [2.45, 2.75) is 13.8 Å². The van der Waals surface area contributed by atoms with Gasteiger partial charge in [0.25, 0.3) is 5.69 Å². The fraction of sp³-hybridized carbons (Fsp3) is 0.227. The molecule has 0 saturated carbocycles. The fourth-order valence-electron chi connectivity index (χ4n) is 2.83. The maximum Gasteiger partial charge on any atom is 0.363 e. The van der Waals surface area contributed by atoms with Crippen LogP contribution in [-0.2, 0) is 19.1 Å². The highest BCUT2D eigenvalue weighted by atomic mass is 16.6. The molecule has 1 aliphatic rings. The van der Waals surface area contributed by atoms with Crippen molar-refractivity contribution >= 4 is 29.6 Å². The Hall–Kier alpha value is -4.21. The molecular formula is C22H20N2O8. The Morgan fingerprint density at radius 1 is 1.19 bits per heavy atom. The average Bonchev–Trinajstić information content (AvgIpc) is 3.13. The monoisotopic (exact) mass is 440 g/mol. The first-order chi connectivity index (χ1) is 15.3. The van der Waals surface area contributed by atoms with Crippen molar-refractivity contribution in [2.75, 3.05) is 20.3 Å². The molecule has 0 unspecified atom stereocenters. The van der Waals surface area contributed by atoms with E-state index in [0.29, 0.717) is 34.8 Å². The van der Waals surface area contributed by atoms with Crippen molar-refractivity contribution in [3.8, 4) is 11.5 Å². The zero-order valence-corrected chi connectivity index (χ0v) is 17.6. The van der Waals surface area contributed by atoms with Crippen molar-refractivity contribution in [2.24, 2.45) is 4.99 Å². The van der Waals surface area contributed by atoms with Gasteiger partial charge in [-0.2, -0.15) is 0 Å². The van der Waals surface area contributed by atoms with E-state index in [-0.39, 0.29) is 23.9 Å². The Balaban J connectivity index is 1.89. The van der Waals surface area contributed by atoms with E-state index < -0.39 is 16.9 Å². The Morgan fingerprint density at radius 3 is 2.66 bits per heavy atom. The number of carbonyl (C=O) groups excluding carboxylic acids is 2. The molecule has 0 spiro atoms. The number of nitrogens with zero attached hydrogens (tertiary/aromatic N) is 2. The van der Waals surface area contributed by atoms with Gasteiger partial charge in [-0.25, -0.2) is 14.6 Å². The van der Waals surface area contributed by atoms with Gasteiger partial charge in [-0.3, -0.25) is 10.1 Å². The minimum Gasteiger partial charge on any atom is -0.490 e. The number of benzene rings is 2. The minimum absolute atomic E-state index is 0.0209. The first kappa shape index (κ1) is 22.5. The number of cyclic esters (lactones) is 1. The van der Waals surface area contributed by atoms with Crippen LogP contribution in [0.25, 0.3) is 6.08 Å². The minimum atomic E-state index is -0.688. The summed E-state index contributed by atoms with van der Waals surface area (Å²) >= 11 is 0. The molecule has 0 atom stereocenters. The Bertz CT molecular complexity index is 1140. The second kappa shape index (κ2) is 9.73. The molecule has 0 radical (unpaired) electrons. The van der Waals surface area contributed by atoms with E-state index in [9.17, 15) is 19.7 Å². The molecule has 10 nitrogen and oxygen atoms in total. The largest absolute Gasteiger partial charge is 0.490 e. The number of nitro groups is 1. The lowest BCUT2D eigenvalue weighted by atomic mass is 10.1. The van der Waals surface area contributed by atoms with E-state index in [4.69, 9.17) is 14.2 Å². The fourth-order valence-corrected chi connectivity index (χ4v) is 2.83. The van der Waals surface area contributed by atoms with Gasteiger partial charge in [0.05, 0.1) is 18.6 Å². The Morgan fingerprint density at radius 2 is 1.97 bits per heavy atom. The summed E-state index contributed by atoms with van der Waals surface area (Å²) in [6, 6.07) is 9.34. The maximum atomic E-state index is 12.3. The maximum absolute atomic E-state index is 12.3. The van der Waals surface area contributed by atoms with Gasteiger partial charge in [-0.15, -0.1) is 0 Å². The van der Waals surface area contributed by atoms with E-state index in [1.54, 1.807) is 44.2 Å². The number of aliphatic imine (C=N–C) groups is 1. The van der Waals surface area contributed by atoms with Crippen molar-refractivity contribution in [3.63, 3.8) is 0 Å². The molecule has 1 aliphatic heterocycles. The third-order valence-corrected chi connectivity index (χ3v) is 4.42. The van der Waals surface area contributed by atoms with Crippen LogP contribution in [0.1, 0.15) is 23.6 Å². The molecule has 0 fully saturated rings. The first-order valence-electron chi connectivity index (χ1n) is 9.56. The molecule has 3 rings (SSSR count). The lowest BCUT2D eigenvalue weighted by molar-refractivity contribution is -0.385. The van der Waals surface area contributed by atoms with Gasteiger partial charge >= 0.3 is 11.9 Å². The van der Waals surface area contributed by atoms with Gasteiger partial charge in [0.15, 0.2) is 23.8 Å². The molecule has 0 bridgehead atoms. The molecule has 0 amide bonds. The van der Waals surface area contributed by atoms with Crippen molar-refractivity contribution in [1.82, 2.24) is 0 Å². The SMILES string of the molecule is CCOc1cc(/C=C2\N=C(c3ccc(C)c([N+](=O)[O-])c3)OC2=O)ccc1OCC(=O)OC. The summed E-state index contributed by atoms with van der Waals surface area (Å²) in [6.07, 6.45) is 1.49. The van der Waals surface area contributed by atoms with Crippen molar-refractivity contribution in [1.29, 1.82) is 0 Å². The van der Waals surface area contributed by atoms with Gasteiger partial charge in [-0.1, -0.05) is 12.1 Å². The molecule has 0 aliphatic carbocycles. The zero-order chi connectivity index (χ0) is 23.3. The number of ether oxygens (including phenoxy) is 4. The number of hydrogen-bond donors (Lipinski definition) is 0. The summed E-state index contributed by atoms with van der Waals surface area (Å²) in [7, 11) is 1.26. The second-order valence-corrected chi connectivity index (χ2v) is 6.60. The summed E-state index contributed by atoms with van der Waals surface area (Å²) in [5.41, 5.74) is 1.31. The van der Waals surface area contributed by atoms with Crippen LogP contribution < -0.4 is 9.47 Å². The molecule has 32 heavy (non-hydrogen) atoms. The highest BCUT2D eigenvalue weighted by Gasteiger charge is 2.26. The van der Waals surface area contributed by atoms with Crippen LogP contribution in [0.15, 0.2) is 47.1 Å². The Kier molecular flexibility index (Phi) is 6.83. The third-order valence-electron chi connectivity index (χ3n) is 4.42. The highest BCUT2D eigenvalue weighted by Crippen LogP contribution is 2.30. The van der Waals surface area contributed by atoms with Gasteiger partial charge < -0.3 is 18.9 Å². The quantitative estimate of drug-likeness (QED) is 0.265. The molecule has 166 valence electrons. The number of hydrogen-bond acceptors (Lipinski definition) is 9. The molecule has 0 N–H and O–H groups in total. The first-order valence-corrected chi connectivity index (χ1v) is 9.56. The van der Waals surface area contributed by atoms with Gasteiger partial charge in [0.2, 0.25) is 5.90 Å². The summed E-state index contributed by atoms with van der Waals surface area (Å²) in [5, 5.41) is 11.2. The molecule has 2 aromatic carbocycles. The Labute approximate surface area is 183 Å². The van der Waals surface area contributed by atoms with Crippen LogP contribution in [0.2, 0.25) is 0 Å². The smallest absolute Gasteiger partial charge is 0.363 e. The van der Waals surface area contributed by atoms with E-state index in [1.165, 1.54) is 19.3 Å². The second-order valence-electron chi connectivity index (χ2n) is 6.60. The molecule has 1 heterocycles. The van der Waals surface area contributed by atoms with E-state index in [2.05, 4.69) is 9.73 Å². The molecule has 2 aromatic rings. The summed E-state index contributed by atoms with van der Waals surface area (Å²) in [4.78, 5) is 38.4. The lowest BCUT2D eigenvalue weighted by Crippen LogP contribution is -2.13. The molecule has 0 aromatic heterocycles. The van der Waals surface area contributed by atoms with E-state index in [1.807, 2.05) is 0 Å². The third kappa shape index (κ3) is 5.09. The predicted octanol–water partition coefficient (Wildman–Crippen LogP) is 3.20. The standard InChI is InChI=1S/C22H20N2O8/c1-4-30-19-10-14(6-8-18(19)31-12-20(25)29-3)9-16-22(26)32-21(23-16)15-7-5-13(2)17(11-15)24(27)28/h5-11H,4,12H2,1-3H3/b16-9-. The molecule has 0 saturated heterocycles. The topological polar surface area (TPSA) is 127 Å². The number of esters is 2. The van der Waals surface area contributed by atoms with Gasteiger partial charge in [0.1, 0.15) is 0 Å². The molecule has 10 heteroatoms. The van der Waals surface area contributed by atoms with Crippen LogP contribution in [0, 0.1) is 17.0 Å². The normalized spacial score (nSPS) is 14.0. The van der Waals surface area contributed by atoms with Crippen LogP contribution >= 0.6 is 0 Å². The predicted molar refractivity (Wildman–Crippen MR) is 114 cm³/mol. The summed E-state index contributed by atoms with van der Waals surface area (Å²) in [5.74, 6) is -0.537. The average molecular weight is 440 g/mol. The summed E-state index contributed by atoms with van der Waals surface area (Å²) in [6.45, 7) is 3.48. The van der Waals surface area contributed by atoms with Crippen LogP contribution in [0.3, 0.4) is 0 Å². The summed E-state index contributed by atoms with van der Waals surface area (Å²) < 4.78 is 20.7. The number of rotatable bonds is 8. The zero-order valence-electron chi connectivity index (χ0n) is 17.6. The van der Waals surface area contributed by atoms with Gasteiger partial charge in [-0.05, 0) is 43.7 Å². The van der Waals surface area contributed by atoms with Crippen LogP contribution in [0.4, 0.5) is 5.69 Å². The number of aryl methyl sites for hydroxylation is 1. The lowest BCUT2D eigenvalue weighted by Gasteiger charge is -2.11. The van der Waals surface area contributed by atoms with Crippen molar-refractivity contribution < 1.29 is 33.5 Å². The van der Waals surface area contributed by atoms with Gasteiger partial charge in [0, 0.05) is 17.2 Å². The number of carbonyl (C=O) groups is 2. The molecular weight excluding hydrogens is 420 g/mol. The van der Waals surface area contributed by atoms with E-state index >= 15 is 0 Å². The number of methoxy groups -OCH3 is 1. The van der Waals surface area contributed by atoms with Crippen molar-refractivity contribution in [3.05, 3.63) is 68.9 Å². The van der Waals surface area contributed by atoms with Crippen LogP contribution in [0.5, 0.6) is 11.5 Å². The number of nitro benzene ring substituents is 1. The highest BCUT2D eigenvalue weighted by molar-refractivity contribution is 6.13. The van der Waals surface area contributed by atoms with Crippen LogP contribution in [-0.4, -0.2) is 43.1 Å².